The van der Waals surface area contributed by atoms with Crippen LogP contribution in [0.4, 0.5) is 4.39 Å². The van der Waals surface area contributed by atoms with Gasteiger partial charge in [-0.3, -0.25) is 0 Å². The number of hydrogen-bond donors (Lipinski definition) is 0. The Morgan fingerprint density at radius 2 is 2.29 bits per heavy atom. The lowest BCUT2D eigenvalue weighted by Gasteiger charge is -1.99. The summed E-state index contributed by atoms with van der Waals surface area (Å²) in [7, 11) is 0. The minimum atomic E-state index is -0.283. The zero-order valence-corrected chi connectivity index (χ0v) is 11.2. The van der Waals surface area contributed by atoms with Gasteiger partial charge < -0.3 is 0 Å². The molecule has 1 aromatic carbocycles. The number of aryl methyl sites for hydroxylation is 1. The number of thiazole rings is 1. The first-order valence-electron chi connectivity index (χ1n) is 4.97. The van der Waals surface area contributed by atoms with Crippen molar-refractivity contribution in [1.29, 1.82) is 5.26 Å². The molecule has 0 bridgehead atoms. The SMILES string of the molecule is N#CCCc1csc(-c2cc(Br)ccc2F)n1. The Labute approximate surface area is 111 Å². The van der Waals surface area contributed by atoms with Crippen molar-refractivity contribution in [2.75, 3.05) is 0 Å². The molecule has 86 valence electrons. The maximum Gasteiger partial charge on any atom is 0.133 e. The van der Waals surface area contributed by atoms with Crippen LogP contribution in [-0.2, 0) is 6.42 Å². The standard InChI is InChI=1S/C12H8BrFN2S/c13-8-3-4-11(14)10(6-8)12-16-9(7-17-12)2-1-5-15/h3-4,6-7H,1-2H2. The Balaban J connectivity index is 2.30. The van der Waals surface area contributed by atoms with E-state index in [-0.39, 0.29) is 5.82 Å². The third kappa shape index (κ3) is 2.90. The highest BCUT2D eigenvalue weighted by molar-refractivity contribution is 9.10. The highest BCUT2D eigenvalue weighted by atomic mass is 79.9. The van der Waals surface area contributed by atoms with Crippen LogP contribution >= 0.6 is 27.3 Å². The van der Waals surface area contributed by atoms with E-state index in [0.29, 0.717) is 23.4 Å². The number of rotatable bonds is 3. The highest BCUT2D eigenvalue weighted by Gasteiger charge is 2.10. The number of hydrogen-bond acceptors (Lipinski definition) is 3. The summed E-state index contributed by atoms with van der Waals surface area (Å²) in [6.07, 6.45) is 1.05. The van der Waals surface area contributed by atoms with E-state index < -0.39 is 0 Å². The van der Waals surface area contributed by atoms with Gasteiger partial charge in [0.05, 0.1) is 11.8 Å². The summed E-state index contributed by atoms with van der Waals surface area (Å²) in [5.74, 6) is -0.283. The van der Waals surface area contributed by atoms with Crippen LogP contribution in [0.3, 0.4) is 0 Å². The first kappa shape index (κ1) is 12.2. The molecule has 0 spiro atoms. The van der Waals surface area contributed by atoms with Crippen LogP contribution < -0.4 is 0 Å². The Bertz CT molecular complexity index is 574. The fourth-order valence-corrected chi connectivity index (χ4v) is 2.62. The minimum absolute atomic E-state index is 0.283. The van der Waals surface area contributed by atoms with Crippen LogP contribution in [0, 0.1) is 17.1 Å². The van der Waals surface area contributed by atoms with E-state index in [9.17, 15) is 4.39 Å². The van der Waals surface area contributed by atoms with Gasteiger partial charge in [0.15, 0.2) is 0 Å². The van der Waals surface area contributed by atoms with Crippen molar-refractivity contribution in [2.45, 2.75) is 12.8 Å². The van der Waals surface area contributed by atoms with Crippen molar-refractivity contribution in [3.05, 3.63) is 39.6 Å². The van der Waals surface area contributed by atoms with E-state index in [1.54, 1.807) is 12.1 Å². The maximum absolute atomic E-state index is 13.6. The molecule has 0 amide bonds. The van der Waals surface area contributed by atoms with E-state index in [0.717, 1.165) is 10.2 Å². The number of aromatic nitrogens is 1. The zero-order chi connectivity index (χ0) is 12.3. The molecule has 17 heavy (non-hydrogen) atoms. The van der Waals surface area contributed by atoms with E-state index in [1.807, 2.05) is 5.38 Å². The summed E-state index contributed by atoms with van der Waals surface area (Å²) in [5, 5.41) is 11.0. The lowest BCUT2D eigenvalue weighted by Crippen LogP contribution is -1.86. The highest BCUT2D eigenvalue weighted by Crippen LogP contribution is 2.29. The lowest BCUT2D eigenvalue weighted by atomic mass is 10.2. The summed E-state index contributed by atoms with van der Waals surface area (Å²) in [5.41, 5.74) is 1.33. The molecule has 2 aromatic rings. The van der Waals surface area contributed by atoms with Gasteiger partial charge in [-0.25, -0.2) is 9.37 Å². The van der Waals surface area contributed by atoms with Crippen molar-refractivity contribution in [3.8, 4) is 16.6 Å². The average Bonchev–Trinajstić information content (AvgIpc) is 2.78. The first-order valence-corrected chi connectivity index (χ1v) is 6.65. The van der Waals surface area contributed by atoms with Gasteiger partial charge in [0.25, 0.3) is 0 Å². The van der Waals surface area contributed by atoms with E-state index in [1.165, 1.54) is 17.4 Å². The molecule has 0 saturated carbocycles. The molecule has 5 heteroatoms. The van der Waals surface area contributed by atoms with Gasteiger partial charge in [0.2, 0.25) is 0 Å². The molecule has 0 aliphatic heterocycles. The van der Waals surface area contributed by atoms with Gasteiger partial charge in [-0.05, 0) is 18.2 Å². The molecule has 1 heterocycles. The second-order valence-corrected chi connectivity index (χ2v) is 5.20. The molecule has 0 radical (unpaired) electrons. The maximum atomic E-state index is 13.6. The van der Waals surface area contributed by atoms with Crippen LogP contribution in [0.25, 0.3) is 10.6 Å². The summed E-state index contributed by atoms with van der Waals surface area (Å²) in [6, 6.07) is 6.85. The molecule has 0 saturated heterocycles. The van der Waals surface area contributed by atoms with E-state index in [4.69, 9.17) is 5.26 Å². The number of nitrogens with zero attached hydrogens (tertiary/aromatic N) is 2. The van der Waals surface area contributed by atoms with Gasteiger partial charge in [0, 0.05) is 28.3 Å². The van der Waals surface area contributed by atoms with Gasteiger partial charge in [0.1, 0.15) is 10.8 Å². The van der Waals surface area contributed by atoms with Gasteiger partial charge in [-0.1, -0.05) is 15.9 Å². The summed E-state index contributed by atoms with van der Waals surface area (Å²) in [4.78, 5) is 4.33. The van der Waals surface area contributed by atoms with Crippen LogP contribution in [0.15, 0.2) is 28.1 Å². The topological polar surface area (TPSA) is 36.7 Å². The molecule has 0 unspecified atom stereocenters. The van der Waals surface area contributed by atoms with Crippen molar-refractivity contribution in [2.24, 2.45) is 0 Å². The average molecular weight is 311 g/mol. The third-order valence-corrected chi connectivity index (χ3v) is 3.62. The smallest absolute Gasteiger partial charge is 0.133 e. The van der Waals surface area contributed by atoms with Crippen molar-refractivity contribution in [3.63, 3.8) is 0 Å². The molecule has 0 aliphatic carbocycles. The fraction of sp³-hybridized carbons (Fsp3) is 0.167. The fourth-order valence-electron chi connectivity index (χ4n) is 1.39. The zero-order valence-electron chi connectivity index (χ0n) is 8.78. The second-order valence-electron chi connectivity index (χ2n) is 3.43. The van der Waals surface area contributed by atoms with E-state index in [2.05, 4.69) is 27.0 Å². The lowest BCUT2D eigenvalue weighted by molar-refractivity contribution is 0.631. The molecule has 0 aliphatic rings. The van der Waals surface area contributed by atoms with Crippen molar-refractivity contribution < 1.29 is 4.39 Å². The van der Waals surface area contributed by atoms with Gasteiger partial charge >= 0.3 is 0 Å². The largest absolute Gasteiger partial charge is 0.241 e. The molecule has 0 fully saturated rings. The molecular formula is C12H8BrFN2S. The molecule has 1 aromatic heterocycles. The third-order valence-electron chi connectivity index (χ3n) is 2.20. The van der Waals surface area contributed by atoms with Crippen molar-refractivity contribution in [1.82, 2.24) is 4.98 Å². The molecule has 0 N–H and O–H groups in total. The predicted octanol–water partition coefficient (Wildman–Crippen LogP) is 4.17. The predicted molar refractivity (Wildman–Crippen MR) is 69.1 cm³/mol. The number of halogens is 2. The van der Waals surface area contributed by atoms with E-state index >= 15 is 0 Å². The first-order chi connectivity index (χ1) is 8.20. The van der Waals surface area contributed by atoms with Gasteiger partial charge in [-0.2, -0.15) is 5.26 Å². The molecular weight excluding hydrogens is 303 g/mol. The van der Waals surface area contributed by atoms with Crippen molar-refractivity contribution >= 4 is 27.3 Å². The summed E-state index contributed by atoms with van der Waals surface area (Å²) < 4.78 is 14.4. The molecule has 2 nitrogen and oxygen atoms in total. The Morgan fingerprint density at radius 3 is 3.06 bits per heavy atom. The summed E-state index contributed by atoms with van der Waals surface area (Å²) in [6.45, 7) is 0. The van der Waals surface area contributed by atoms with Crippen LogP contribution in [0.1, 0.15) is 12.1 Å². The Kier molecular flexibility index (Phi) is 3.87. The Hall–Kier alpha value is -1.25. The number of benzene rings is 1. The summed E-state index contributed by atoms with van der Waals surface area (Å²) >= 11 is 4.70. The Morgan fingerprint density at radius 1 is 1.47 bits per heavy atom. The quantitative estimate of drug-likeness (QED) is 0.853. The minimum Gasteiger partial charge on any atom is -0.241 e. The normalized spacial score (nSPS) is 10.2. The van der Waals surface area contributed by atoms with Crippen LogP contribution in [-0.4, -0.2) is 4.98 Å². The van der Waals surface area contributed by atoms with Crippen LogP contribution in [0.2, 0.25) is 0 Å². The second kappa shape index (κ2) is 5.39. The van der Waals surface area contributed by atoms with Gasteiger partial charge in [-0.15, -0.1) is 11.3 Å². The molecule has 2 rings (SSSR count). The molecule has 0 atom stereocenters. The van der Waals surface area contributed by atoms with Crippen LogP contribution in [0.5, 0.6) is 0 Å². The monoisotopic (exact) mass is 310 g/mol. The number of nitriles is 1.